The van der Waals surface area contributed by atoms with Crippen LogP contribution in [0.25, 0.3) is 0 Å². The predicted molar refractivity (Wildman–Crippen MR) is 70.5 cm³/mol. The van der Waals surface area contributed by atoms with Gasteiger partial charge in [-0.1, -0.05) is 19.9 Å². The van der Waals surface area contributed by atoms with E-state index in [1.54, 1.807) is 0 Å². The largest absolute Gasteiger partial charge is 0.303 e. The first kappa shape index (κ1) is 15.5. The normalized spacial score (nSPS) is 12.4. The minimum Gasteiger partial charge on any atom is -0.303 e. The van der Waals surface area contributed by atoms with Crippen molar-refractivity contribution in [1.82, 2.24) is 10.2 Å². The second-order valence-corrected chi connectivity index (χ2v) is 4.22. The zero-order valence-electron chi connectivity index (χ0n) is 11.3. The van der Waals surface area contributed by atoms with Crippen LogP contribution in [0.4, 0.5) is 8.78 Å². The molecule has 0 bridgehead atoms. The standard InChI is InChI=1S/C14H19F2N3/c1-3-19(4-2)8-7-18-14(10-17)11-5-6-12(15)13(16)9-11/h5-6,9,14,18H,3-4,7-8H2,1-2H3. The van der Waals surface area contributed by atoms with E-state index >= 15 is 0 Å². The van der Waals surface area contributed by atoms with Crippen LogP contribution < -0.4 is 5.32 Å². The van der Waals surface area contributed by atoms with Gasteiger partial charge in [-0.2, -0.15) is 5.26 Å². The van der Waals surface area contributed by atoms with E-state index in [0.717, 1.165) is 31.8 Å². The van der Waals surface area contributed by atoms with E-state index in [1.807, 2.05) is 0 Å². The zero-order valence-corrected chi connectivity index (χ0v) is 11.3. The van der Waals surface area contributed by atoms with E-state index < -0.39 is 17.7 Å². The van der Waals surface area contributed by atoms with Crippen molar-refractivity contribution in [2.45, 2.75) is 19.9 Å². The molecule has 0 aliphatic heterocycles. The predicted octanol–water partition coefficient (Wildman–Crippen LogP) is 2.46. The molecule has 104 valence electrons. The Bertz CT molecular complexity index is 439. The van der Waals surface area contributed by atoms with Crippen molar-refractivity contribution in [2.24, 2.45) is 0 Å². The Morgan fingerprint density at radius 3 is 2.47 bits per heavy atom. The van der Waals surface area contributed by atoms with Gasteiger partial charge in [0.15, 0.2) is 11.6 Å². The van der Waals surface area contributed by atoms with Gasteiger partial charge in [-0.3, -0.25) is 5.32 Å². The Labute approximate surface area is 112 Å². The summed E-state index contributed by atoms with van der Waals surface area (Å²) in [6, 6.07) is 4.97. The van der Waals surface area contributed by atoms with Gasteiger partial charge in [-0.25, -0.2) is 8.78 Å². The van der Waals surface area contributed by atoms with E-state index in [4.69, 9.17) is 5.26 Å². The molecule has 3 nitrogen and oxygen atoms in total. The third kappa shape index (κ3) is 4.58. The lowest BCUT2D eigenvalue weighted by Gasteiger charge is -2.19. The van der Waals surface area contributed by atoms with Gasteiger partial charge in [0.2, 0.25) is 0 Å². The van der Waals surface area contributed by atoms with Gasteiger partial charge < -0.3 is 4.90 Å². The lowest BCUT2D eigenvalue weighted by atomic mass is 10.1. The van der Waals surface area contributed by atoms with Crippen molar-refractivity contribution in [2.75, 3.05) is 26.2 Å². The smallest absolute Gasteiger partial charge is 0.159 e. The number of nitriles is 1. The molecule has 5 heteroatoms. The molecular weight excluding hydrogens is 248 g/mol. The highest BCUT2D eigenvalue weighted by Crippen LogP contribution is 2.15. The van der Waals surface area contributed by atoms with Gasteiger partial charge in [0.25, 0.3) is 0 Å². The van der Waals surface area contributed by atoms with E-state index in [-0.39, 0.29) is 0 Å². The highest BCUT2D eigenvalue weighted by atomic mass is 19.2. The molecule has 1 atom stereocenters. The molecule has 1 rings (SSSR count). The first-order chi connectivity index (χ1) is 9.12. The van der Waals surface area contributed by atoms with Crippen LogP contribution in [0.15, 0.2) is 18.2 Å². The summed E-state index contributed by atoms with van der Waals surface area (Å²) in [7, 11) is 0. The summed E-state index contributed by atoms with van der Waals surface area (Å²) in [6.45, 7) is 7.47. The molecule has 0 aliphatic rings. The minimum absolute atomic E-state index is 0.445. The molecule has 0 amide bonds. The number of halogens is 2. The maximum absolute atomic E-state index is 13.1. The van der Waals surface area contributed by atoms with Crippen LogP contribution in [-0.4, -0.2) is 31.1 Å². The lowest BCUT2D eigenvalue weighted by Crippen LogP contribution is -2.33. The summed E-state index contributed by atoms with van der Waals surface area (Å²) in [5.41, 5.74) is 0.445. The average molecular weight is 267 g/mol. The number of rotatable bonds is 7. The van der Waals surface area contributed by atoms with Crippen LogP contribution in [0.1, 0.15) is 25.5 Å². The molecule has 1 N–H and O–H groups in total. The summed E-state index contributed by atoms with van der Waals surface area (Å²) < 4.78 is 25.9. The number of nitrogens with one attached hydrogen (secondary N) is 1. The van der Waals surface area contributed by atoms with Crippen LogP contribution in [0.2, 0.25) is 0 Å². The summed E-state index contributed by atoms with van der Waals surface area (Å²) in [6.07, 6.45) is 0. The Hall–Kier alpha value is -1.51. The van der Waals surface area contributed by atoms with Crippen molar-refractivity contribution < 1.29 is 8.78 Å². The molecule has 1 aromatic carbocycles. The van der Waals surface area contributed by atoms with E-state index in [9.17, 15) is 8.78 Å². The first-order valence-electron chi connectivity index (χ1n) is 6.42. The average Bonchev–Trinajstić information content (AvgIpc) is 2.42. The maximum atomic E-state index is 13.1. The third-order valence-corrected chi connectivity index (χ3v) is 3.08. The Kier molecular flexibility index (Phi) is 6.40. The Morgan fingerprint density at radius 1 is 1.26 bits per heavy atom. The molecular formula is C14H19F2N3. The van der Waals surface area contributed by atoms with Crippen LogP contribution in [-0.2, 0) is 0 Å². The SMILES string of the molecule is CCN(CC)CCNC(C#N)c1ccc(F)c(F)c1. The van der Waals surface area contributed by atoms with Crippen molar-refractivity contribution in [3.8, 4) is 6.07 Å². The minimum atomic E-state index is -0.928. The fourth-order valence-electron chi connectivity index (χ4n) is 1.84. The summed E-state index contributed by atoms with van der Waals surface area (Å²) in [5, 5.41) is 12.1. The molecule has 19 heavy (non-hydrogen) atoms. The van der Waals surface area contributed by atoms with Crippen LogP contribution >= 0.6 is 0 Å². The zero-order chi connectivity index (χ0) is 14.3. The topological polar surface area (TPSA) is 39.1 Å². The molecule has 0 saturated carbocycles. The maximum Gasteiger partial charge on any atom is 0.159 e. The molecule has 1 aromatic rings. The number of benzene rings is 1. The van der Waals surface area contributed by atoms with Crippen LogP contribution in [0.5, 0.6) is 0 Å². The van der Waals surface area contributed by atoms with E-state index in [0.29, 0.717) is 12.1 Å². The highest BCUT2D eigenvalue weighted by molar-refractivity contribution is 5.25. The van der Waals surface area contributed by atoms with Crippen LogP contribution in [0, 0.1) is 23.0 Å². The molecule has 1 unspecified atom stereocenters. The van der Waals surface area contributed by atoms with E-state index in [1.165, 1.54) is 6.07 Å². The number of likely N-dealkylation sites (N-methyl/N-ethyl adjacent to an activating group) is 1. The molecule has 0 fully saturated rings. The van der Waals surface area contributed by atoms with Crippen molar-refractivity contribution >= 4 is 0 Å². The summed E-state index contributed by atoms with van der Waals surface area (Å²) >= 11 is 0. The lowest BCUT2D eigenvalue weighted by molar-refractivity contribution is 0.300. The Morgan fingerprint density at radius 2 is 1.95 bits per heavy atom. The number of hydrogen-bond donors (Lipinski definition) is 1. The van der Waals surface area contributed by atoms with Gasteiger partial charge >= 0.3 is 0 Å². The second-order valence-electron chi connectivity index (χ2n) is 4.22. The van der Waals surface area contributed by atoms with Gasteiger partial charge in [0, 0.05) is 13.1 Å². The van der Waals surface area contributed by atoms with Gasteiger partial charge in [0.1, 0.15) is 6.04 Å². The molecule has 0 aliphatic carbocycles. The number of hydrogen-bond acceptors (Lipinski definition) is 3. The molecule has 0 heterocycles. The van der Waals surface area contributed by atoms with Crippen LogP contribution in [0.3, 0.4) is 0 Å². The van der Waals surface area contributed by atoms with Gasteiger partial charge in [0.05, 0.1) is 6.07 Å². The van der Waals surface area contributed by atoms with E-state index in [2.05, 4.69) is 30.1 Å². The van der Waals surface area contributed by atoms with Crippen molar-refractivity contribution in [3.05, 3.63) is 35.4 Å². The van der Waals surface area contributed by atoms with Gasteiger partial charge in [-0.05, 0) is 30.8 Å². The molecule has 0 aromatic heterocycles. The van der Waals surface area contributed by atoms with Crippen molar-refractivity contribution in [3.63, 3.8) is 0 Å². The summed E-state index contributed by atoms with van der Waals surface area (Å²) in [4.78, 5) is 2.21. The third-order valence-electron chi connectivity index (χ3n) is 3.08. The monoisotopic (exact) mass is 267 g/mol. The molecule has 0 spiro atoms. The second kappa shape index (κ2) is 7.82. The highest BCUT2D eigenvalue weighted by Gasteiger charge is 2.12. The quantitative estimate of drug-likeness (QED) is 0.825. The first-order valence-corrected chi connectivity index (χ1v) is 6.42. The fourth-order valence-corrected chi connectivity index (χ4v) is 1.84. The molecule has 0 saturated heterocycles. The van der Waals surface area contributed by atoms with Crippen molar-refractivity contribution in [1.29, 1.82) is 5.26 Å². The fraction of sp³-hybridized carbons (Fsp3) is 0.500. The number of nitrogens with zero attached hydrogens (tertiary/aromatic N) is 2. The Balaban J connectivity index is 2.59. The summed E-state index contributed by atoms with van der Waals surface area (Å²) in [5.74, 6) is -1.83. The van der Waals surface area contributed by atoms with Gasteiger partial charge in [-0.15, -0.1) is 0 Å². The molecule has 0 radical (unpaired) electrons.